The van der Waals surface area contributed by atoms with E-state index in [1.54, 1.807) is 12.3 Å². The van der Waals surface area contributed by atoms with Crippen molar-refractivity contribution < 1.29 is 4.79 Å². The van der Waals surface area contributed by atoms with Crippen molar-refractivity contribution in [2.24, 2.45) is 0 Å². The average molecular weight is 332 g/mol. The Balaban J connectivity index is 1.37. The molecule has 5 nitrogen and oxygen atoms in total. The van der Waals surface area contributed by atoms with E-state index in [0.717, 1.165) is 30.9 Å². The number of rotatable bonds is 5. The summed E-state index contributed by atoms with van der Waals surface area (Å²) in [6.07, 6.45) is 3.05. The molecule has 1 amide bonds. The number of para-hydroxylation sites is 1. The number of nitrogens with zero attached hydrogens (tertiary/aromatic N) is 2. The van der Waals surface area contributed by atoms with Crippen LogP contribution in [0.3, 0.4) is 0 Å². The zero-order valence-corrected chi connectivity index (χ0v) is 13.9. The second kappa shape index (κ2) is 6.81. The van der Waals surface area contributed by atoms with Gasteiger partial charge in [0.25, 0.3) is 0 Å². The molecule has 0 saturated carbocycles. The fourth-order valence-electron chi connectivity index (χ4n) is 3.25. The minimum absolute atomic E-state index is 0.0505. The summed E-state index contributed by atoms with van der Waals surface area (Å²) in [5.74, 6) is -0.0505. The first-order chi connectivity index (χ1) is 12.3. The first-order valence-electron chi connectivity index (χ1n) is 8.48. The van der Waals surface area contributed by atoms with E-state index in [9.17, 15) is 4.79 Å². The Bertz CT molecular complexity index is 856. The monoisotopic (exact) mass is 332 g/mol. The summed E-state index contributed by atoms with van der Waals surface area (Å²) in [4.78, 5) is 14.4. The van der Waals surface area contributed by atoms with E-state index in [2.05, 4.69) is 56.8 Å². The highest BCUT2D eigenvalue weighted by Crippen LogP contribution is 2.28. The van der Waals surface area contributed by atoms with Crippen LogP contribution in [0, 0.1) is 0 Å². The lowest BCUT2D eigenvalue weighted by atomic mass is 10.1. The van der Waals surface area contributed by atoms with Crippen LogP contribution in [0.5, 0.6) is 0 Å². The van der Waals surface area contributed by atoms with E-state index in [1.165, 1.54) is 16.8 Å². The van der Waals surface area contributed by atoms with Gasteiger partial charge in [0.1, 0.15) is 0 Å². The van der Waals surface area contributed by atoms with Gasteiger partial charge in [-0.1, -0.05) is 30.3 Å². The summed E-state index contributed by atoms with van der Waals surface area (Å²) in [7, 11) is 0. The molecule has 0 aliphatic carbocycles. The molecule has 2 N–H and O–H groups in total. The van der Waals surface area contributed by atoms with E-state index in [1.807, 2.05) is 12.1 Å². The van der Waals surface area contributed by atoms with Crippen LogP contribution in [0.2, 0.25) is 0 Å². The topological polar surface area (TPSA) is 61.0 Å². The lowest BCUT2D eigenvalue weighted by molar-refractivity contribution is -0.115. The van der Waals surface area contributed by atoms with Gasteiger partial charge in [0.2, 0.25) is 5.91 Å². The minimum atomic E-state index is -0.0505. The van der Waals surface area contributed by atoms with E-state index in [0.29, 0.717) is 6.42 Å². The Labute approximate surface area is 146 Å². The number of nitrogens with one attached hydrogen (secondary N) is 2. The maximum Gasteiger partial charge on any atom is 0.230 e. The number of aromatic amines is 1. The Morgan fingerprint density at radius 1 is 1.12 bits per heavy atom. The van der Waals surface area contributed by atoms with E-state index in [4.69, 9.17) is 0 Å². The number of aromatic nitrogens is 2. The number of hydrogen-bond donors (Lipinski definition) is 2. The molecule has 0 fully saturated rings. The molecule has 4 rings (SSSR count). The summed E-state index contributed by atoms with van der Waals surface area (Å²) >= 11 is 0. The number of carbonyl (C=O) groups is 1. The quantitative estimate of drug-likeness (QED) is 0.754. The van der Waals surface area contributed by atoms with Gasteiger partial charge in [-0.2, -0.15) is 5.10 Å². The molecule has 2 heterocycles. The lowest BCUT2D eigenvalue weighted by Gasteiger charge is -2.19. The standard InChI is InChI=1S/C20H20N4O/c25-20(13-18-9-11-21-23-18)22-17-7-5-15(6-8-17)14-24-12-10-16-3-1-2-4-19(16)24/h1-9,11H,10,12-14H2,(H,21,23)(H,22,25). The Morgan fingerprint density at radius 3 is 2.76 bits per heavy atom. The van der Waals surface area contributed by atoms with Gasteiger partial charge < -0.3 is 10.2 Å². The van der Waals surface area contributed by atoms with Crippen LogP contribution in [0.15, 0.2) is 60.8 Å². The number of fused-ring (bicyclic) bond motifs is 1. The van der Waals surface area contributed by atoms with Gasteiger partial charge in [0.05, 0.1) is 6.42 Å². The Hall–Kier alpha value is -3.08. The maximum atomic E-state index is 12.0. The number of hydrogen-bond acceptors (Lipinski definition) is 3. The summed E-state index contributed by atoms with van der Waals surface area (Å²) in [5, 5.41) is 9.56. The van der Waals surface area contributed by atoms with Crippen molar-refractivity contribution >= 4 is 17.3 Å². The third-order valence-electron chi connectivity index (χ3n) is 4.50. The summed E-state index contributed by atoms with van der Waals surface area (Å²) in [6, 6.07) is 18.5. The summed E-state index contributed by atoms with van der Waals surface area (Å²) < 4.78 is 0. The first kappa shape index (κ1) is 15.4. The van der Waals surface area contributed by atoms with E-state index >= 15 is 0 Å². The molecule has 25 heavy (non-hydrogen) atoms. The van der Waals surface area contributed by atoms with Crippen molar-refractivity contribution in [1.29, 1.82) is 0 Å². The number of carbonyl (C=O) groups excluding carboxylic acids is 1. The Morgan fingerprint density at radius 2 is 1.96 bits per heavy atom. The van der Waals surface area contributed by atoms with Gasteiger partial charge in [0.15, 0.2) is 0 Å². The maximum absolute atomic E-state index is 12.0. The fraction of sp³-hybridized carbons (Fsp3) is 0.200. The van der Waals surface area contributed by atoms with Crippen molar-refractivity contribution in [2.75, 3.05) is 16.8 Å². The molecule has 0 bridgehead atoms. The molecular formula is C20H20N4O. The van der Waals surface area contributed by atoms with Gasteiger partial charge >= 0.3 is 0 Å². The van der Waals surface area contributed by atoms with Gasteiger partial charge in [-0.15, -0.1) is 0 Å². The molecule has 0 spiro atoms. The van der Waals surface area contributed by atoms with Crippen molar-refractivity contribution in [2.45, 2.75) is 19.4 Å². The molecule has 1 aliphatic rings. The molecule has 5 heteroatoms. The van der Waals surface area contributed by atoms with Gasteiger partial charge in [-0.3, -0.25) is 9.89 Å². The molecular weight excluding hydrogens is 312 g/mol. The normalized spacial score (nSPS) is 12.9. The SMILES string of the molecule is O=C(Cc1ccn[nH]1)Nc1ccc(CN2CCc3ccccc32)cc1. The van der Waals surface area contributed by atoms with Crippen molar-refractivity contribution in [3.63, 3.8) is 0 Å². The van der Waals surface area contributed by atoms with Crippen LogP contribution in [0.4, 0.5) is 11.4 Å². The van der Waals surface area contributed by atoms with E-state index < -0.39 is 0 Å². The molecule has 0 saturated heterocycles. The third-order valence-corrected chi connectivity index (χ3v) is 4.50. The minimum Gasteiger partial charge on any atom is -0.367 e. The molecule has 0 atom stereocenters. The van der Waals surface area contributed by atoms with Crippen LogP contribution in [0.1, 0.15) is 16.8 Å². The first-order valence-corrected chi connectivity index (χ1v) is 8.48. The van der Waals surface area contributed by atoms with Gasteiger partial charge in [-0.05, 0) is 41.8 Å². The lowest BCUT2D eigenvalue weighted by Crippen LogP contribution is -2.19. The van der Waals surface area contributed by atoms with Crippen molar-refractivity contribution in [3.05, 3.63) is 77.6 Å². The van der Waals surface area contributed by atoms with Crippen molar-refractivity contribution in [3.8, 4) is 0 Å². The number of anilines is 2. The predicted molar refractivity (Wildman–Crippen MR) is 98.6 cm³/mol. The van der Waals surface area contributed by atoms with Crippen molar-refractivity contribution in [1.82, 2.24) is 10.2 Å². The average Bonchev–Trinajstić information content (AvgIpc) is 3.27. The summed E-state index contributed by atoms with van der Waals surface area (Å²) in [6.45, 7) is 1.95. The molecule has 126 valence electrons. The molecule has 0 unspecified atom stereocenters. The summed E-state index contributed by atoms with van der Waals surface area (Å²) in [5.41, 5.74) is 5.62. The highest BCUT2D eigenvalue weighted by molar-refractivity contribution is 5.92. The fourth-order valence-corrected chi connectivity index (χ4v) is 3.25. The van der Waals surface area contributed by atoms with Crippen LogP contribution in [-0.4, -0.2) is 22.6 Å². The Kier molecular flexibility index (Phi) is 4.21. The van der Waals surface area contributed by atoms with Crippen LogP contribution >= 0.6 is 0 Å². The van der Waals surface area contributed by atoms with Crippen LogP contribution < -0.4 is 10.2 Å². The molecule has 1 aliphatic heterocycles. The van der Waals surface area contributed by atoms with Crippen LogP contribution in [-0.2, 0) is 24.2 Å². The smallest absolute Gasteiger partial charge is 0.230 e. The number of amides is 1. The van der Waals surface area contributed by atoms with Gasteiger partial charge in [0, 0.05) is 36.4 Å². The molecule has 0 radical (unpaired) electrons. The van der Waals surface area contributed by atoms with E-state index in [-0.39, 0.29) is 5.91 Å². The largest absolute Gasteiger partial charge is 0.367 e. The third kappa shape index (κ3) is 3.55. The van der Waals surface area contributed by atoms with Crippen LogP contribution in [0.25, 0.3) is 0 Å². The number of H-pyrrole nitrogens is 1. The molecule has 1 aromatic heterocycles. The predicted octanol–water partition coefficient (Wildman–Crippen LogP) is 3.15. The highest BCUT2D eigenvalue weighted by atomic mass is 16.1. The number of benzene rings is 2. The highest BCUT2D eigenvalue weighted by Gasteiger charge is 2.18. The molecule has 3 aromatic rings. The second-order valence-corrected chi connectivity index (χ2v) is 6.30. The zero-order chi connectivity index (χ0) is 17.1. The second-order valence-electron chi connectivity index (χ2n) is 6.30. The van der Waals surface area contributed by atoms with Gasteiger partial charge in [-0.25, -0.2) is 0 Å². The zero-order valence-electron chi connectivity index (χ0n) is 13.9. The molecule has 2 aromatic carbocycles.